The van der Waals surface area contributed by atoms with Crippen molar-refractivity contribution in [2.24, 2.45) is 5.73 Å². The van der Waals surface area contributed by atoms with Gasteiger partial charge in [0.05, 0.1) is 5.52 Å². The highest BCUT2D eigenvalue weighted by Gasteiger charge is 2.05. The number of hydrogen-bond donors (Lipinski definition) is 1. The zero-order valence-corrected chi connectivity index (χ0v) is 9.90. The van der Waals surface area contributed by atoms with Crippen molar-refractivity contribution in [3.63, 3.8) is 0 Å². The Morgan fingerprint density at radius 3 is 2.81 bits per heavy atom. The fourth-order valence-electron chi connectivity index (χ4n) is 1.95. The van der Waals surface area contributed by atoms with E-state index in [1.54, 1.807) is 0 Å². The molecule has 0 saturated carbocycles. The van der Waals surface area contributed by atoms with E-state index in [-0.39, 0.29) is 6.04 Å². The zero-order valence-electron chi connectivity index (χ0n) is 9.90. The minimum absolute atomic E-state index is 0.149. The van der Waals surface area contributed by atoms with Crippen LogP contribution in [0, 0.1) is 6.92 Å². The van der Waals surface area contributed by atoms with Gasteiger partial charge in [-0.3, -0.25) is 4.98 Å². The molecule has 84 valence electrons. The van der Waals surface area contributed by atoms with Crippen molar-refractivity contribution >= 4 is 10.9 Å². The van der Waals surface area contributed by atoms with E-state index in [0.29, 0.717) is 0 Å². The molecule has 0 spiro atoms. The van der Waals surface area contributed by atoms with Gasteiger partial charge in [0, 0.05) is 17.1 Å². The Morgan fingerprint density at radius 1 is 1.25 bits per heavy atom. The van der Waals surface area contributed by atoms with Crippen LogP contribution in [0.4, 0.5) is 0 Å². The third-order valence-electron chi connectivity index (χ3n) is 2.88. The van der Waals surface area contributed by atoms with Gasteiger partial charge in [-0.25, -0.2) is 0 Å². The number of aryl methyl sites for hydroxylation is 1. The summed E-state index contributed by atoms with van der Waals surface area (Å²) in [7, 11) is 0. The second kappa shape index (κ2) is 4.62. The zero-order chi connectivity index (χ0) is 11.5. The summed E-state index contributed by atoms with van der Waals surface area (Å²) in [6.07, 6.45) is 2.15. The summed E-state index contributed by atoms with van der Waals surface area (Å²) in [6, 6.07) is 10.6. The molecule has 0 aliphatic rings. The molecule has 2 aromatic rings. The van der Waals surface area contributed by atoms with E-state index in [4.69, 9.17) is 5.73 Å². The Balaban J connectivity index is 2.40. The van der Waals surface area contributed by atoms with Gasteiger partial charge >= 0.3 is 0 Å². The predicted molar refractivity (Wildman–Crippen MR) is 68.3 cm³/mol. The Hall–Kier alpha value is -1.41. The summed E-state index contributed by atoms with van der Waals surface area (Å²) in [5, 5.41) is 1.18. The van der Waals surface area contributed by atoms with Gasteiger partial charge in [-0.1, -0.05) is 25.5 Å². The first-order valence-corrected chi connectivity index (χ1v) is 5.83. The number of rotatable bonds is 3. The van der Waals surface area contributed by atoms with Crippen molar-refractivity contribution in [2.75, 3.05) is 0 Å². The van der Waals surface area contributed by atoms with E-state index >= 15 is 0 Å². The highest BCUT2D eigenvalue weighted by atomic mass is 14.7. The van der Waals surface area contributed by atoms with Crippen LogP contribution in [0.1, 0.15) is 37.1 Å². The van der Waals surface area contributed by atoms with Crippen LogP contribution in [0.15, 0.2) is 30.3 Å². The van der Waals surface area contributed by atoms with Crippen LogP contribution in [0.5, 0.6) is 0 Å². The van der Waals surface area contributed by atoms with Gasteiger partial charge in [0.1, 0.15) is 0 Å². The molecule has 0 aliphatic carbocycles. The number of nitrogens with two attached hydrogens (primary N) is 1. The van der Waals surface area contributed by atoms with Crippen LogP contribution in [0.3, 0.4) is 0 Å². The molecule has 0 aliphatic heterocycles. The molecule has 2 rings (SSSR count). The Bertz CT molecular complexity index is 491. The minimum atomic E-state index is 0.149. The molecule has 0 fully saturated rings. The second-order valence-corrected chi connectivity index (χ2v) is 4.30. The third-order valence-corrected chi connectivity index (χ3v) is 2.88. The van der Waals surface area contributed by atoms with E-state index < -0.39 is 0 Å². The van der Waals surface area contributed by atoms with Crippen LogP contribution in [-0.4, -0.2) is 4.98 Å². The van der Waals surface area contributed by atoms with E-state index in [1.807, 2.05) is 13.0 Å². The van der Waals surface area contributed by atoms with Crippen LogP contribution in [-0.2, 0) is 0 Å². The second-order valence-electron chi connectivity index (χ2n) is 4.30. The largest absolute Gasteiger partial charge is 0.324 e. The average molecular weight is 214 g/mol. The van der Waals surface area contributed by atoms with Crippen molar-refractivity contribution in [1.29, 1.82) is 0 Å². The lowest BCUT2D eigenvalue weighted by Crippen LogP contribution is -2.09. The molecule has 0 saturated heterocycles. The van der Waals surface area contributed by atoms with Crippen molar-refractivity contribution < 1.29 is 0 Å². The van der Waals surface area contributed by atoms with Gasteiger partial charge in [-0.05, 0) is 37.1 Å². The van der Waals surface area contributed by atoms with E-state index in [9.17, 15) is 0 Å². The van der Waals surface area contributed by atoms with Gasteiger partial charge in [-0.2, -0.15) is 0 Å². The summed E-state index contributed by atoms with van der Waals surface area (Å²) in [6.45, 7) is 4.17. The van der Waals surface area contributed by atoms with Crippen molar-refractivity contribution in [3.05, 3.63) is 41.6 Å². The highest BCUT2D eigenvalue weighted by molar-refractivity contribution is 5.79. The molecule has 0 bridgehead atoms. The van der Waals surface area contributed by atoms with Gasteiger partial charge in [0.2, 0.25) is 0 Å². The van der Waals surface area contributed by atoms with Gasteiger partial charge in [0.25, 0.3) is 0 Å². The monoisotopic (exact) mass is 214 g/mol. The van der Waals surface area contributed by atoms with Crippen molar-refractivity contribution in [1.82, 2.24) is 4.98 Å². The molecular weight excluding hydrogens is 196 g/mol. The van der Waals surface area contributed by atoms with Gasteiger partial charge in [0.15, 0.2) is 0 Å². The smallest absolute Gasteiger partial charge is 0.0705 e. The van der Waals surface area contributed by atoms with Crippen molar-refractivity contribution in [2.45, 2.75) is 32.7 Å². The standard InChI is InChI=1S/C14H18N2/c1-3-4-13(15)11-7-8-14-12(9-11)6-5-10(2)16-14/h5-9,13H,3-4,15H2,1-2H3. The summed E-state index contributed by atoms with van der Waals surface area (Å²) < 4.78 is 0. The SMILES string of the molecule is CCCC(N)c1ccc2nc(C)ccc2c1. The molecule has 1 unspecified atom stereocenters. The summed E-state index contributed by atoms with van der Waals surface area (Å²) in [4.78, 5) is 4.48. The lowest BCUT2D eigenvalue weighted by atomic mass is 10.0. The maximum absolute atomic E-state index is 6.11. The first-order valence-electron chi connectivity index (χ1n) is 5.83. The molecule has 2 N–H and O–H groups in total. The molecule has 1 aromatic heterocycles. The highest BCUT2D eigenvalue weighted by Crippen LogP contribution is 2.21. The van der Waals surface area contributed by atoms with Crippen LogP contribution >= 0.6 is 0 Å². The molecule has 2 heteroatoms. The molecule has 0 amide bonds. The molecule has 2 nitrogen and oxygen atoms in total. The fraction of sp³-hybridized carbons (Fsp3) is 0.357. The molecular formula is C14H18N2. The summed E-state index contributed by atoms with van der Waals surface area (Å²) >= 11 is 0. The van der Waals surface area contributed by atoms with Crippen molar-refractivity contribution in [3.8, 4) is 0 Å². The van der Waals surface area contributed by atoms with Gasteiger partial charge < -0.3 is 5.73 Å². The predicted octanol–water partition coefficient (Wildman–Crippen LogP) is 3.34. The summed E-state index contributed by atoms with van der Waals surface area (Å²) in [5.41, 5.74) is 9.42. The van der Waals surface area contributed by atoms with Gasteiger partial charge in [-0.15, -0.1) is 0 Å². The molecule has 16 heavy (non-hydrogen) atoms. The van der Waals surface area contributed by atoms with E-state index in [0.717, 1.165) is 24.1 Å². The molecule has 1 aromatic carbocycles. The van der Waals surface area contributed by atoms with Crippen LogP contribution < -0.4 is 5.73 Å². The number of aromatic nitrogens is 1. The number of benzene rings is 1. The Kier molecular flexibility index (Phi) is 3.20. The number of nitrogens with zero attached hydrogens (tertiary/aromatic N) is 1. The molecule has 1 heterocycles. The topological polar surface area (TPSA) is 38.9 Å². The number of pyridine rings is 1. The lowest BCUT2D eigenvalue weighted by molar-refractivity contribution is 0.639. The summed E-state index contributed by atoms with van der Waals surface area (Å²) in [5.74, 6) is 0. The maximum atomic E-state index is 6.11. The fourth-order valence-corrected chi connectivity index (χ4v) is 1.95. The third kappa shape index (κ3) is 2.22. The molecule has 0 radical (unpaired) electrons. The lowest BCUT2D eigenvalue weighted by Gasteiger charge is -2.11. The number of hydrogen-bond acceptors (Lipinski definition) is 2. The Labute approximate surface area is 96.5 Å². The van der Waals surface area contributed by atoms with Crippen LogP contribution in [0.25, 0.3) is 10.9 Å². The quantitative estimate of drug-likeness (QED) is 0.851. The van der Waals surface area contributed by atoms with E-state index in [2.05, 4.69) is 36.2 Å². The first kappa shape index (κ1) is 11.1. The minimum Gasteiger partial charge on any atom is -0.324 e. The number of fused-ring (bicyclic) bond motifs is 1. The maximum Gasteiger partial charge on any atom is 0.0705 e. The van der Waals surface area contributed by atoms with E-state index in [1.165, 1.54) is 10.9 Å². The average Bonchev–Trinajstić information content (AvgIpc) is 2.28. The Morgan fingerprint density at radius 2 is 2.06 bits per heavy atom. The van der Waals surface area contributed by atoms with Crippen LogP contribution in [0.2, 0.25) is 0 Å². The normalized spacial score (nSPS) is 12.9. The molecule has 1 atom stereocenters. The first-order chi connectivity index (χ1) is 7.70.